The molecule has 1 aromatic carbocycles. The van der Waals surface area contributed by atoms with Gasteiger partial charge in [0.15, 0.2) is 0 Å². The highest BCUT2D eigenvalue weighted by Gasteiger charge is 2.25. The summed E-state index contributed by atoms with van der Waals surface area (Å²) in [5.74, 6) is -0.946. The molecule has 1 amide bonds. The van der Waals surface area contributed by atoms with Gasteiger partial charge in [0.05, 0.1) is 24.6 Å². The van der Waals surface area contributed by atoms with Gasteiger partial charge in [-0.05, 0) is 12.0 Å². The highest BCUT2D eigenvalue weighted by molar-refractivity contribution is 5.90. The van der Waals surface area contributed by atoms with Crippen LogP contribution in [0.4, 0.5) is 0 Å². The molecule has 0 saturated heterocycles. The Kier molecular flexibility index (Phi) is 5.33. The molecule has 1 N–H and O–H groups in total. The molecule has 1 heterocycles. The Labute approximate surface area is 139 Å². The van der Waals surface area contributed by atoms with Gasteiger partial charge in [-0.3, -0.25) is 9.59 Å². The zero-order valence-corrected chi connectivity index (χ0v) is 14.2. The van der Waals surface area contributed by atoms with Crippen molar-refractivity contribution in [2.45, 2.75) is 26.3 Å². The fraction of sp³-hybridized carbons (Fsp3) is 0.412. The Morgan fingerprint density at radius 3 is 2.46 bits per heavy atom. The van der Waals surface area contributed by atoms with Gasteiger partial charge in [0.1, 0.15) is 6.04 Å². The number of benzene rings is 1. The van der Waals surface area contributed by atoms with Crippen LogP contribution in [0.2, 0.25) is 0 Å². The molecule has 0 unspecified atom stereocenters. The summed E-state index contributed by atoms with van der Waals surface area (Å²) >= 11 is 0. The quantitative estimate of drug-likeness (QED) is 0.818. The van der Waals surface area contributed by atoms with E-state index in [1.165, 1.54) is 11.8 Å². The van der Waals surface area contributed by atoms with E-state index in [4.69, 9.17) is 4.74 Å². The lowest BCUT2D eigenvalue weighted by molar-refractivity contribution is -0.146. The van der Waals surface area contributed by atoms with Crippen molar-refractivity contribution < 1.29 is 14.3 Å². The number of esters is 1. The summed E-state index contributed by atoms with van der Waals surface area (Å²) in [5, 5.41) is 8.00. The number of carbonyl (C=O) groups is 2. The number of amides is 1. The van der Waals surface area contributed by atoms with Gasteiger partial charge in [0.25, 0.3) is 5.56 Å². The topological polar surface area (TPSA) is 90.3 Å². The van der Waals surface area contributed by atoms with Crippen molar-refractivity contribution in [1.29, 1.82) is 0 Å². The van der Waals surface area contributed by atoms with Crippen LogP contribution in [0.3, 0.4) is 0 Å². The summed E-state index contributed by atoms with van der Waals surface area (Å²) < 4.78 is 5.93. The Bertz CT molecular complexity index is 826. The van der Waals surface area contributed by atoms with E-state index in [1.807, 2.05) is 13.8 Å². The smallest absolute Gasteiger partial charge is 0.328 e. The van der Waals surface area contributed by atoms with Gasteiger partial charge in [-0.15, -0.1) is 0 Å². The molecule has 0 saturated carbocycles. The number of aromatic nitrogens is 2. The summed E-state index contributed by atoms with van der Waals surface area (Å²) in [6.45, 7) is 3.64. The van der Waals surface area contributed by atoms with Crippen LogP contribution in [-0.4, -0.2) is 34.8 Å². The first-order valence-corrected chi connectivity index (χ1v) is 7.67. The first kappa shape index (κ1) is 17.7. The lowest BCUT2D eigenvalue weighted by atomic mass is 10.0. The monoisotopic (exact) mass is 331 g/mol. The molecule has 2 rings (SSSR count). The molecule has 128 valence electrons. The number of nitrogens with zero attached hydrogens (tertiary/aromatic N) is 2. The number of methoxy groups -OCH3 is 1. The van der Waals surface area contributed by atoms with Gasteiger partial charge in [-0.25, -0.2) is 9.48 Å². The van der Waals surface area contributed by atoms with Gasteiger partial charge in [0.2, 0.25) is 5.91 Å². The van der Waals surface area contributed by atoms with E-state index in [2.05, 4.69) is 10.4 Å². The highest BCUT2D eigenvalue weighted by Crippen LogP contribution is 2.14. The van der Waals surface area contributed by atoms with Crippen LogP contribution in [0.25, 0.3) is 10.8 Å². The predicted octanol–water partition coefficient (Wildman–Crippen LogP) is 0.790. The van der Waals surface area contributed by atoms with E-state index >= 15 is 0 Å². The second-order valence-corrected chi connectivity index (χ2v) is 5.91. The van der Waals surface area contributed by atoms with E-state index in [0.29, 0.717) is 16.5 Å². The fourth-order valence-corrected chi connectivity index (χ4v) is 2.51. The highest BCUT2D eigenvalue weighted by atomic mass is 16.5. The molecule has 7 nitrogen and oxygen atoms in total. The van der Waals surface area contributed by atoms with Crippen LogP contribution in [0, 0.1) is 5.92 Å². The number of rotatable bonds is 5. The van der Waals surface area contributed by atoms with Crippen LogP contribution >= 0.6 is 0 Å². The van der Waals surface area contributed by atoms with Crippen molar-refractivity contribution in [2.24, 2.45) is 13.0 Å². The molecule has 0 aliphatic rings. The average Bonchev–Trinajstić information content (AvgIpc) is 2.56. The molecule has 0 radical (unpaired) electrons. The Hall–Kier alpha value is -2.70. The average molecular weight is 331 g/mol. The number of fused-ring (bicyclic) bond motifs is 1. The third kappa shape index (κ3) is 3.61. The Morgan fingerprint density at radius 1 is 1.25 bits per heavy atom. The molecule has 7 heteroatoms. The van der Waals surface area contributed by atoms with Crippen LogP contribution in [0.5, 0.6) is 0 Å². The molecule has 0 bridgehead atoms. The molecule has 0 spiro atoms. The predicted molar refractivity (Wildman–Crippen MR) is 89.5 cm³/mol. The van der Waals surface area contributed by atoms with Crippen molar-refractivity contribution in [2.75, 3.05) is 7.11 Å². The molecular formula is C17H21N3O4. The van der Waals surface area contributed by atoms with Gasteiger partial charge in [-0.1, -0.05) is 32.0 Å². The second-order valence-electron chi connectivity index (χ2n) is 5.91. The summed E-state index contributed by atoms with van der Waals surface area (Å²) in [7, 11) is 2.83. The first-order valence-electron chi connectivity index (χ1n) is 7.67. The van der Waals surface area contributed by atoms with E-state index in [0.717, 1.165) is 0 Å². The molecule has 2 aromatic rings. The number of ether oxygens (including phenoxy) is 1. The number of hydrogen-bond donors (Lipinski definition) is 1. The Balaban J connectivity index is 2.29. The normalized spacial score (nSPS) is 12.2. The van der Waals surface area contributed by atoms with Gasteiger partial charge in [0, 0.05) is 12.4 Å². The van der Waals surface area contributed by atoms with Crippen LogP contribution < -0.4 is 10.9 Å². The van der Waals surface area contributed by atoms with Crippen molar-refractivity contribution in [3.05, 3.63) is 40.3 Å². The number of carbonyl (C=O) groups excluding carboxylic acids is 2. The Morgan fingerprint density at radius 2 is 1.88 bits per heavy atom. The third-order valence-corrected chi connectivity index (χ3v) is 3.80. The largest absolute Gasteiger partial charge is 0.467 e. The SMILES string of the molecule is COC(=O)[C@H](NC(=O)Cc1nn(C)c(=O)c2ccccc12)C(C)C. The minimum Gasteiger partial charge on any atom is -0.467 e. The van der Waals surface area contributed by atoms with Gasteiger partial charge < -0.3 is 10.1 Å². The van der Waals surface area contributed by atoms with E-state index in [-0.39, 0.29) is 23.8 Å². The molecule has 0 aliphatic carbocycles. The summed E-state index contributed by atoms with van der Waals surface area (Å²) in [6, 6.07) is 6.29. The maximum absolute atomic E-state index is 12.3. The van der Waals surface area contributed by atoms with Crippen molar-refractivity contribution in [1.82, 2.24) is 15.1 Å². The minimum atomic E-state index is -0.721. The van der Waals surface area contributed by atoms with E-state index in [9.17, 15) is 14.4 Å². The fourth-order valence-electron chi connectivity index (χ4n) is 2.51. The van der Waals surface area contributed by atoms with Gasteiger partial charge >= 0.3 is 5.97 Å². The molecule has 1 aromatic heterocycles. The molecule has 0 aliphatic heterocycles. The lowest BCUT2D eigenvalue weighted by Crippen LogP contribution is -2.45. The summed E-state index contributed by atoms with van der Waals surface area (Å²) in [6.07, 6.45) is -0.0329. The maximum Gasteiger partial charge on any atom is 0.328 e. The molecule has 1 atom stereocenters. The third-order valence-electron chi connectivity index (χ3n) is 3.80. The standard InChI is InChI=1S/C17H21N3O4/c1-10(2)15(17(23)24-4)18-14(21)9-13-11-7-5-6-8-12(11)16(22)20(3)19-13/h5-8,10,15H,9H2,1-4H3,(H,18,21)/t15-/m1/s1. The second kappa shape index (κ2) is 7.25. The number of aryl methyl sites for hydroxylation is 1. The molecular weight excluding hydrogens is 310 g/mol. The first-order chi connectivity index (χ1) is 11.3. The van der Waals surface area contributed by atoms with Crippen LogP contribution in [0.1, 0.15) is 19.5 Å². The zero-order chi connectivity index (χ0) is 17.9. The van der Waals surface area contributed by atoms with E-state index in [1.54, 1.807) is 31.3 Å². The number of hydrogen-bond acceptors (Lipinski definition) is 5. The summed E-state index contributed by atoms with van der Waals surface area (Å²) in [5.41, 5.74) is 0.266. The van der Waals surface area contributed by atoms with E-state index < -0.39 is 12.0 Å². The molecule has 24 heavy (non-hydrogen) atoms. The zero-order valence-electron chi connectivity index (χ0n) is 14.2. The van der Waals surface area contributed by atoms with Crippen molar-refractivity contribution >= 4 is 22.6 Å². The van der Waals surface area contributed by atoms with Gasteiger partial charge in [-0.2, -0.15) is 5.10 Å². The molecule has 0 fully saturated rings. The van der Waals surface area contributed by atoms with Crippen LogP contribution in [-0.2, 0) is 27.8 Å². The van der Waals surface area contributed by atoms with Crippen molar-refractivity contribution in [3.63, 3.8) is 0 Å². The van der Waals surface area contributed by atoms with Crippen LogP contribution in [0.15, 0.2) is 29.1 Å². The maximum atomic E-state index is 12.3. The summed E-state index contributed by atoms with van der Waals surface area (Å²) in [4.78, 5) is 36.2. The minimum absolute atomic E-state index is 0.0329. The lowest BCUT2D eigenvalue weighted by Gasteiger charge is -2.19. The number of nitrogens with one attached hydrogen (secondary N) is 1. The van der Waals surface area contributed by atoms with Crippen molar-refractivity contribution in [3.8, 4) is 0 Å².